The van der Waals surface area contributed by atoms with Crippen molar-refractivity contribution in [3.8, 4) is 0 Å². The van der Waals surface area contributed by atoms with Crippen molar-refractivity contribution in [1.29, 1.82) is 0 Å². The molecule has 0 aromatic heterocycles. The molecule has 5 atom stereocenters. The van der Waals surface area contributed by atoms with Gasteiger partial charge in [0.25, 0.3) is 0 Å². The van der Waals surface area contributed by atoms with Crippen molar-refractivity contribution < 1.29 is 29.1 Å². The maximum absolute atomic E-state index is 13.4. The number of carbonyl (C=O) groups is 5. The van der Waals surface area contributed by atoms with Gasteiger partial charge in [0, 0.05) is 38.5 Å². The van der Waals surface area contributed by atoms with Crippen LogP contribution in [0.2, 0.25) is 0 Å². The van der Waals surface area contributed by atoms with Crippen molar-refractivity contribution in [2.24, 2.45) is 17.6 Å². The van der Waals surface area contributed by atoms with Crippen LogP contribution in [-0.2, 0) is 37.1 Å². The van der Waals surface area contributed by atoms with Gasteiger partial charge in [-0.2, -0.15) is 0 Å². The molecule has 0 aliphatic heterocycles. The molecule has 254 valence electrons. The van der Waals surface area contributed by atoms with Crippen LogP contribution in [0.3, 0.4) is 0 Å². The van der Waals surface area contributed by atoms with Crippen LogP contribution in [0.25, 0.3) is 0 Å². The monoisotopic (exact) mass is 632 g/mol. The zero-order chi connectivity index (χ0) is 33.9. The number of hydrogen-bond acceptors (Lipinski definition) is 7. The van der Waals surface area contributed by atoms with Gasteiger partial charge in [0.05, 0.1) is 6.04 Å². The Balaban J connectivity index is 2.82. The second-order valence-electron chi connectivity index (χ2n) is 12.2. The Hall–Kier alpha value is -3.51. The molecule has 1 aromatic rings. The summed E-state index contributed by atoms with van der Waals surface area (Å²) in [5.74, 6) is -2.26. The summed E-state index contributed by atoms with van der Waals surface area (Å²) < 4.78 is 0. The third-order valence-corrected chi connectivity index (χ3v) is 7.71. The summed E-state index contributed by atoms with van der Waals surface area (Å²) in [6, 6.07) is 5.28. The Kier molecular flexibility index (Phi) is 18.7. The molecule has 0 saturated heterocycles. The minimum absolute atomic E-state index is 0.00634. The highest BCUT2D eigenvalue weighted by Crippen LogP contribution is 2.11. The van der Waals surface area contributed by atoms with E-state index >= 15 is 0 Å². The van der Waals surface area contributed by atoms with Gasteiger partial charge in [-0.3, -0.25) is 24.0 Å². The number of carboxylic acid groups (broad SMARTS) is 1. The van der Waals surface area contributed by atoms with E-state index in [4.69, 9.17) is 10.8 Å². The molecule has 0 aliphatic rings. The predicted molar refractivity (Wildman–Crippen MR) is 175 cm³/mol. The molecule has 45 heavy (non-hydrogen) atoms. The molecule has 0 radical (unpaired) electrons. The van der Waals surface area contributed by atoms with Crippen molar-refractivity contribution in [2.75, 3.05) is 6.54 Å². The van der Waals surface area contributed by atoms with Crippen molar-refractivity contribution >= 4 is 29.6 Å². The molecule has 1 rings (SSSR count). The molecule has 8 N–H and O–H groups in total. The standard InChI is InChI=1S/C33H56N6O6/c1-7-10-27(38-33(45)30(22(5)8-2)39-28(40)11-9-12-29(41)42)32(44)37-26(17-21(3)4)20-35-23(6)31(43)36-19-25-15-13-24(18-34)14-16-25/h13-16,21-23,26-27,30,35H,7-12,17-20,34H2,1-6H3,(H,36,43)(H,37,44)(H,38,45)(H,39,40)(H,41,42)/t22-,23-,26-,27-,30-/m0/s1. The van der Waals surface area contributed by atoms with Gasteiger partial charge in [-0.25, -0.2) is 0 Å². The van der Waals surface area contributed by atoms with Crippen molar-refractivity contribution in [3.63, 3.8) is 0 Å². The van der Waals surface area contributed by atoms with Crippen LogP contribution < -0.4 is 32.3 Å². The van der Waals surface area contributed by atoms with Crippen molar-refractivity contribution in [3.05, 3.63) is 35.4 Å². The fourth-order valence-corrected chi connectivity index (χ4v) is 4.78. The number of nitrogens with one attached hydrogen (secondary N) is 5. The lowest BCUT2D eigenvalue weighted by molar-refractivity contribution is -0.137. The average molecular weight is 633 g/mol. The van der Waals surface area contributed by atoms with Crippen LogP contribution in [-0.4, -0.2) is 65.4 Å². The maximum Gasteiger partial charge on any atom is 0.303 e. The molecule has 12 nitrogen and oxygen atoms in total. The van der Waals surface area contributed by atoms with E-state index in [-0.39, 0.29) is 49.0 Å². The first kappa shape index (κ1) is 39.5. The van der Waals surface area contributed by atoms with Gasteiger partial charge >= 0.3 is 5.97 Å². The highest BCUT2D eigenvalue weighted by molar-refractivity contribution is 5.92. The number of carboxylic acids is 1. The van der Waals surface area contributed by atoms with Gasteiger partial charge in [0.2, 0.25) is 23.6 Å². The molecule has 0 fully saturated rings. The van der Waals surface area contributed by atoms with Gasteiger partial charge < -0.3 is 37.4 Å². The smallest absolute Gasteiger partial charge is 0.303 e. The van der Waals surface area contributed by atoms with E-state index in [9.17, 15) is 24.0 Å². The summed E-state index contributed by atoms with van der Waals surface area (Å²) in [4.78, 5) is 62.8. The van der Waals surface area contributed by atoms with Crippen LogP contribution in [0.1, 0.15) is 97.6 Å². The predicted octanol–water partition coefficient (Wildman–Crippen LogP) is 2.34. The van der Waals surface area contributed by atoms with E-state index in [1.807, 2.05) is 58.9 Å². The molecule has 0 saturated carbocycles. The summed E-state index contributed by atoms with van der Waals surface area (Å²) in [7, 11) is 0. The zero-order valence-electron chi connectivity index (χ0n) is 27.9. The maximum atomic E-state index is 13.4. The summed E-state index contributed by atoms with van der Waals surface area (Å²) in [5.41, 5.74) is 7.63. The summed E-state index contributed by atoms with van der Waals surface area (Å²) in [5, 5.41) is 23.6. The van der Waals surface area contributed by atoms with Crippen LogP contribution in [0.5, 0.6) is 0 Å². The van der Waals surface area contributed by atoms with E-state index in [2.05, 4.69) is 26.6 Å². The third-order valence-electron chi connectivity index (χ3n) is 7.71. The summed E-state index contributed by atoms with van der Waals surface area (Å²) >= 11 is 0. The fraction of sp³-hybridized carbons (Fsp3) is 0.667. The molecule has 0 spiro atoms. The largest absolute Gasteiger partial charge is 0.481 e. The quantitative estimate of drug-likeness (QED) is 0.101. The Morgan fingerprint density at radius 1 is 0.844 bits per heavy atom. The lowest BCUT2D eigenvalue weighted by Crippen LogP contribution is -2.57. The van der Waals surface area contributed by atoms with Crippen molar-refractivity contribution in [1.82, 2.24) is 26.6 Å². The number of amides is 4. The molecular formula is C33H56N6O6. The van der Waals surface area contributed by atoms with Gasteiger partial charge in [-0.05, 0) is 49.1 Å². The molecule has 4 amide bonds. The Morgan fingerprint density at radius 2 is 1.49 bits per heavy atom. The molecule has 0 aliphatic carbocycles. The van der Waals surface area contributed by atoms with Crippen molar-refractivity contribution in [2.45, 2.75) is 124 Å². The Labute approximate surface area is 268 Å². The van der Waals surface area contributed by atoms with Crippen LogP contribution in [0, 0.1) is 11.8 Å². The molecule has 0 bridgehead atoms. The third kappa shape index (κ3) is 15.9. The number of hydrogen-bond donors (Lipinski definition) is 7. The highest BCUT2D eigenvalue weighted by atomic mass is 16.4. The van der Waals surface area contributed by atoms with E-state index in [0.29, 0.717) is 45.3 Å². The second-order valence-corrected chi connectivity index (χ2v) is 12.2. The second kappa shape index (κ2) is 21.3. The lowest BCUT2D eigenvalue weighted by atomic mass is 9.97. The first-order chi connectivity index (χ1) is 21.3. The summed E-state index contributed by atoms with van der Waals surface area (Å²) in [6.45, 7) is 12.7. The van der Waals surface area contributed by atoms with Crippen LogP contribution in [0.15, 0.2) is 24.3 Å². The van der Waals surface area contributed by atoms with Gasteiger partial charge in [0.1, 0.15) is 12.1 Å². The number of aliphatic carboxylic acids is 1. The topological polar surface area (TPSA) is 192 Å². The van der Waals surface area contributed by atoms with E-state index in [1.165, 1.54) is 0 Å². The van der Waals surface area contributed by atoms with E-state index in [0.717, 1.165) is 11.1 Å². The first-order valence-corrected chi connectivity index (χ1v) is 16.2. The number of nitrogens with two attached hydrogens (primary N) is 1. The number of carbonyl (C=O) groups excluding carboxylic acids is 4. The molecule has 0 heterocycles. The van der Waals surface area contributed by atoms with Crippen LogP contribution >= 0.6 is 0 Å². The highest BCUT2D eigenvalue weighted by Gasteiger charge is 2.30. The molecule has 12 heteroatoms. The summed E-state index contributed by atoms with van der Waals surface area (Å²) in [6.07, 6.45) is 2.37. The Morgan fingerprint density at radius 3 is 2.04 bits per heavy atom. The lowest BCUT2D eigenvalue weighted by Gasteiger charge is -2.28. The molecule has 1 aromatic carbocycles. The van der Waals surface area contributed by atoms with Crippen LogP contribution in [0.4, 0.5) is 0 Å². The number of rotatable bonds is 22. The Bertz CT molecular complexity index is 1080. The zero-order valence-corrected chi connectivity index (χ0v) is 27.9. The van der Waals surface area contributed by atoms with Gasteiger partial charge in [-0.15, -0.1) is 0 Å². The van der Waals surface area contributed by atoms with Gasteiger partial charge in [-0.1, -0.05) is 71.7 Å². The normalized spacial score (nSPS) is 14.5. The molecular weight excluding hydrogens is 576 g/mol. The minimum atomic E-state index is -0.985. The van der Waals surface area contributed by atoms with E-state index in [1.54, 1.807) is 6.92 Å². The van der Waals surface area contributed by atoms with E-state index < -0.39 is 35.9 Å². The first-order valence-electron chi connectivity index (χ1n) is 16.2. The SMILES string of the molecule is CCC[C@H](NC(=O)[C@@H](NC(=O)CCCC(=O)O)[C@@H](C)CC)C(=O)N[C@H](CN[C@@H](C)C(=O)NCc1ccc(CN)cc1)CC(C)C. The van der Waals surface area contributed by atoms with Gasteiger partial charge in [0.15, 0.2) is 0 Å². The number of benzene rings is 1. The molecule has 0 unspecified atom stereocenters. The fourth-order valence-electron chi connectivity index (χ4n) is 4.78. The average Bonchev–Trinajstić information content (AvgIpc) is 3.00. The minimum Gasteiger partial charge on any atom is -0.481 e.